The van der Waals surface area contributed by atoms with E-state index in [9.17, 15) is 4.57 Å². The van der Waals surface area contributed by atoms with Crippen molar-refractivity contribution in [3.63, 3.8) is 0 Å². The Bertz CT molecular complexity index is 46.8. The number of hydrogen-bond acceptors (Lipinski definition) is 3. The first-order valence-corrected chi connectivity index (χ1v) is 2.77. The van der Waals surface area contributed by atoms with Crippen LogP contribution in [0.2, 0.25) is 0 Å². The van der Waals surface area contributed by atoms with Crippen LogP contribution in [-0.4, -0.2) is 18.6 Å². The fraction of sp³-hybridized carbons (Fsp3) is 1.00. The average molecular weight is 109 g/mol. The Balaban J connectivity index is 2.99. The zero-order valence-electron chi connectivity index (χ0n) is 3.42. The minimum absolute atomic E-state index is 0.383. The van der Waals surface area contributed by atoms with E-state index in [0.717, 1.165) is 0 Å². The third kappa shape index (κ3) is 2.27. The molecule has 0 fully saturated rings. The van der Waals surface area contributed by atoms with Gasteiger partial charge in [0, 0.05) is 0 Å². The summed E-state index contributed by atoms with van der Waals surface area (Å²) in [5.74, 6) is 0. The summed E-state index contributed by atoms with van der Waals surface area (Å²) in [5, 5.41) is 7.93. The molecule has 1 N–H and O–H groups in total. The van der Waals surface area contributed by atoms with Crippen LogP contribution in [-0.2, 0) is 9.09 Å². The molecule has 0 aromatic heterocycles. The van der Waals surface area contributed by atoms with Gasteiger partial charge in [0.05, 0.1) is 7.11 Å². The van der Waals surface area contributed by atoms with Crippen LogP contribution in [0.3, 0.4) is 0 Å². The molecular weight excluding hydrogens is 103 g/mol. The lowest BCUT2D eigenvalue weighted by molar-refractivity contribution is 0.324. The Morgan fingerprint density at radius 1 is 2.00 bits per heavy atom. The third-order valence-electron chi connectivity index (χ3n) is 0.319. The SMILES string of the molecule is CO[P+](=O)CO. The van der Waals surface area contributed by atoms with Crippen LogP contribution >= 0.6 is 8.03 Å². The highest BCUT2D eigenvalue weighted by molar-refractivity contribution is 7.38. The van der Waals surface area contributed by atoms with Gasteiger partial charge in [-0.3, -0.25) is 0 Å². The zero-order valence-corrected chi connectivity index (χ0v) is 4.31. The topological polar surface area (TPSA) is 46.5 Å². The highest BCUT2D eigenvalue weighted by Gasteiger charge is 2.08. The summed E-state index contributed by atoms with van der Waals surface area (Å²) in [5.41, 5.74) is 0. The molecule has 1 atom stereocenters. The van der Waals surface area contributed by atoms with Gasteiger partial charge in [-0.1, -0.05) is 0 Å². The lowest BCUT2D eigenvalue weighted by Crippen LogP contribution is -1.71. The third-order valence-corrected chi connectivity index (χ3v) is 0.957. The van der Waals surface area contributed by atoms with Crippen LogP contribution in [0.15, 0.2) is 0 Å². The quantitative estimate of drug-likeness (QED) is 0.519. The number of aliphatic hydroxyl groups is 1. The molecule has 0 heterocycles. The van der Waals surface area contributed by atoms with E-state index in [1.165, 1.54) is 7.11 Å². The van der Waals surface area contributed by atoms with E-state index >= 15 is 0 Å². The number of rotatable bonds is 2. The minimum atomic E-state index is -1.77. The van der Waals surface area contributed by atoms with Crippen molar-refractivity contribution < 1.29 is 14.2 Å². The predicted molar refractivity (Wildman–Crippen MR) is 21.7 cm³/mol. The van der Waals surface area contributed by atoms with Crippen molar-refractivity contribution in [3.8, 4) is 0 Å². The maximum Gasteiger partial charge on any atom is 0.536 e. The van der Waals surface area contributed by atoms with Crippen LogP contribution in [0, 0.1) is 0 Å². The van der Waals surface area contributed by atoms with E-state index < -0.39 is 8.03 Å². The monoisotopic (exact) mass is 109 g/mol. The second kappa shape index (κ2) is 3.22. The van der Waals surface area contributed by atoms with Crippen molar-refractivity contribution in [3.05, 3.63) is 0 Å². The van der Waals surface area contributed by atoms with Crippen molar-refractivity contribution >= 4 is 8.03 Å². The standard InChI is InChI=1S/C2H6O3P/c1-5-6(4)2-3/h3H,2H2,1H3/q+1. The van der Waals surface area contributed by atoms with Crippen molar-refractivity contribution in [1.82, 2.24) is 0 Å². The smallest absolute Gasteiger partial charge is 0.351 e. The predicted octanol–water partition coefficient (Wildman–Crippen LogP) is 0.325. The molecule has 3 nitrogen and oxygen atoms in total. The molecule has 36 valence electrons. The zero-order chi connectivity index (χ0) is 4.99. The van der Waals surface area contributed by atoms with E-state index in [0.29, 0.717) is 0 Å². The molecule has 1 unspecified atom stereocenters. The normalized spacial score (nSPS) is 11.3. The van der Waals surface area contributed by atoms with Gasteiger partial charge in [0.1, 0.15) is 0 Å². The fourth-order valence-corrected chi connectivity index (χ4v) is 0.173. The Kier molecular flexibility index (Phi) is 3.23. The Morgan fingerprint density at radius 3 is 2.50 bits per heavy atom. The molecule has 6 heavy (non-hydrogen) atoms. The van der Waals surface area contributed by atoms with Gasteiger partial charge in [0.25, 0.3) is 6.35 Å². The van der Waals surface area contributed by atoms with Crippen molar-refractivity contribution in [2.75, 3.05) is 13.5 Å². The molecule has 0 saturated heterocycles. The summed E-state index contributed by atoms with van der Waals surface area (Å²) in [7, 11) is -0.484. The first-order chi connectivity index (χ1) is 2.81. The highest BCUT2D eigenvalue weighted by Crippen LogP contribution is 2.15. The minimum Gasteiger partial charge on any atom is -0.351 e. The van der Waals surface area contributed by atoms with Gasteiger partial charge < -0.3 is 5.11 Å². The average Bonchev–Trinajstić information content (AvgIpc) is 1.65. The number of aliphatic hydroxyl groups excluding tert-OH is 1. The van der Waals surface area contributed by atoms with Gasteiger partial charge in [0.15, 0.2) is 0 Å². The van der Waals surface area contributed by atoms with E-state index in [1.54, 1.807) is 0 Å². The number of hydrogen-bond donors (Lipinski definition) is 1. The molecule has 0 saturated carbocycles. The van der Waals surface area contributed by atoms with Crippen molar-refractivity contribution in [2.24, 2.45) is 0 Å². The Morgan fingerprint density at radius 2 is 2.50 bits per heavy atom. The van der Waals surface area contributed by atoms with Gasteiger partial charge in [-0.15, -0.1) is 4.52 Å². The molecule has 0 rings (SSSR count). The Labute approximate surface area is 36.8 Å². The summed E-state index contributed by atoms with van der Waals surface area (Å²) in [6.07, 6.45) is -0.383. The van der Waals surface area contributed by atoms with Crippen LogP contribution in [0.1, 0.15) is 0 Å². The Hall–Kier alpha value is 0.0200. The van der Waals surface area contributed by atoms with Crippen LogP contribution in [0.4, 0.5) is 0 Å². The fourth-order valence-electron chi connectivity index (χ4n) is 0.0577. The first-order valence-electron chi connectivity index (χ1n) is 1.41. The molecule has 0 bridgehead atoms. The first kappa shape index (κ1) is 6.02. The molecule has 0 amide bonds. The van der Waals surface area contributed by atoms with Gasteiger partial charge in [-0.2, -0.15) is 0 Å². The van der Waals surface area contributed by atoms with Gasteiger partial charge in [0.2, 0.25) is 0 Å². The molecule has 0 aliphatic carbocycles. The molecule has 0 aliphatic rings. The summed E-state index contributed by atoms with van der Waals surface area (Å²) in [6, 6.07) is 0. The summed E-state index contributed by atoms with van der Waals surface area (Å²) < 4.78 is 14.0. The molecular formula is C2H6O3P+. The van der Waals surface area contributed by atoms with E-state index in [2.05, 4.69) is 4.52 Å². The van der Waals surface area contributed by atoms with Crippen molar-refractivity contribution in [1.29, 1.82) is 0 Å². The van der Waals surface area contributed by atoms with Gasteiger partial charge in [-0.05, 0) is 4.57 Å². The molecule has 0 aromatic carbocycles. The summed E-state index contributed by atoms with van der Waals surface area (Å²) in [6.45, 7) is 0. The van der Waals surface area contributed by atoms with E-state index in [4.69, 9.17) is 5.11 Å². The summed E-state index contributed by atoms with van der Waals surface area (Å²) in [4.78, 5) is 0. The van der Waals surface area contributed by atoms with Crippen molar-refractivity contribution in [2.45, 2.75) is 0 Å². The molecule has 0 spiro atoms. The van der Waals surface area contributed by atoms with Gasteiger partial charge >= 0.3 is 8.03 Å². The van der Waals surface area contributed by atoms with E-state index in [1.807, 2.05) is 0 Å². The lowest BCUT2D eigenvalue weighted by atomic mass is 11.7. The largest absolute Gasteiger partial charge is 0.536 e. The second-order valence-electron chi connectivity index (χ2n) is 0.657. The second-order valence-corrected chi connectivity index (χ2v) is 1.97. The summed E-state index contributed by atoms with van der Waals surface area (Å²) >= 11 is 0. The van der Waals surface area contributed by atoms with Crippen LogP contribution < -0.4 is 0 Å². The van der Waals surface area contributed by atoms with Crippen LogP contribution in [0.25, 0.3) is 0 Å². The molecule has 4 heteroatoms. The maximum absolute atomic E-state index is 9.86. The molecule has 0 radical (unpaired) electrons. The highest BCUT2D eigenvalue weighted by atomic mass is 31.1. The van der Waals surface area contributed by atoms with Gasteiger partial charge in [-0.25, -0.2) is 0 Å². The van der Waals surface area contributed by atoms with E-state index in [-0.39, 0.29) is 6.35 Å². The molecule has 0 aromatic rings. The van der Waals surface area contributed by atoms with Crippen LogP contribution in [0.5, 0.6) is 0 Å². The maximum atomic E-state index is 9.86. The lowest BCUT2D eigenvalue weighted by Gasteiger charge is -1.67. The molecule has 0 aliphatic heterocycles.